The molecule has 0 bridgehead atoms. The van der Waals surface area contributed by atoms with Crippen LogP contribution in [0.1, 0.15) is 83.4 Å². The Hall–Kier alpha value is -1.86. The minimum atomic E-state index is -0.609. The Kier molecular flexibility index (Phi) is 8.70. The second-order valence-corrected chi connectivity index (χ2v) is 11.1. The van der Waals surface area contributed by atoms with Gasteiger partial charge in [-0.25, -0.2) is 9.97 Å². The van der Waals surface area contributed by atoms with E-state index >= 15 is 0 Å². The molecule has 1 aromatic heterocycles. The van der Waals surface area contributed by atoms with Crippen molar-refractivity contribution in [1.29, 1.82) is 0 Å². The zero-order valence-electron chi connectivity index (χ0n) is 20.4. The highest BCUT2D eigenvalue weighted by Crippen LogP contribution is 2.47. The summed E-state index contributed by atoms with van der Waals surface area (Å²) in [5, 5.41) is 24.4. The first kappa shape index (κ1) is 25.2. The van der Waals surface area contributed by atoms with E-state index in [0.29, 0.717) is 43.6 Å². The minimum Gasteiger partial charge on any atom is -0.393 e. The zero-order chi connectivity index (χ0) is 24.1. The fourth-order valence-corrected chi connectivity index (χ4v) is 6.21. The maximum Gasteiger partial charge on any atom is 0.220 e. The lowest BCUT2D eigenvalue weighted by atomic mass is 9.65. The molecular formula is C27H41N3O4. The number of aromatic nitrogens is 2. The molecule has 188 valence electrons. The van der Waals surface area contributed by atoms with Crippen LogP contribution >= 0.6 is 0 Å². The Labute approximate surface area is 203 Å². The molecule has 7 atom stereocenters. The number of ketones is 1. The van der Waals surface area contributed by atoms with Crippen LogP contribution in [0, 0.1) is 29.6 Å². The van der Waals surface area contributed by atoms with Gasteiger partial charge >= 0.3 is 0 Å². The van der Waals surface area contributed by atoms with Gasteiger partial charge in [0.25, 0.3) is 0 Å². The highest BCUT2D eigenvalue weighted by Gasteiger charge is 2.46. The molecule has 0 spiro atoms. The predicted molar refractivity (Wildman–Crippen MR) is 129 cm³/mol. The normalized spacial score (nSPS) is 30.6. The molecule has 4 rings (SSSR count). The number of carbonyl (C=O) groups is 2. The van der Waals surface area contributed by atoms with E-state index in [4.69, 9.17) is 0 Å². The lowest BCUT2D eigenvalue weighted by Crippen LogP contribution is -2.35. The Morgan fingerprint density at radius 2 is 1.91 bits per heavy atom. The number of rotatable bonds is 13. The molecule has 3 N–H and O–H groups in total. The predicted octanol–water partition coefficient (Wildman–Crippen LogP) is 3.23. The highest BCUT2D eigenvalue weighted by molar-refractivity contribution is 5.84. The molecule has 7 heteroatoms. The summed E-state index contributed by atoms with van der Waals surface area (Å²) in [5.74, 6) is 2.07. The van der Waals surface area contributed by atoms with Crippen molar-refractivity contribution in [3.63, 3.8) is 0 Å². The van der Waals surface area contributed by atoms with Gasteiger partial charge in [0.15, 0.2) is 0 Å². The van der Waals surface area contributed by atoms with Crippen molar-refractivity contribution < 1.29 is 19.8 Å². The van der Waals surface area contributed by atoms with Gasteiger partial charge in [-0.3, -0.25) is 9.59 Å². The van der Waals surface area contributed by atoms with Gasteiger partial charge in [-0.05, 0) is 87.5 Å². The van der Waals surface area contributed by atoms with Crippen LogP contribution < -0.4 is 5.32 Å². The van der Waals surface area contributed by atoms with Crippen molar-refractivity contribution in [3.8, 4) is 0 Å². The number of hydrogen-bond donors (Lipinski definition) is 3. The smallest absolute Gasteiger partial charge is 0.220 e. The van der Waals surface area contributed by atoms with Crippen LogP contribution in [-0.4, -0.2) is 50.1 Å². The summed E-state index contributed by atoms with van der Waals surface area (Å²) in [5.41, 5.74) is 0. The average Bonchev–Trinajstić information content (AvgIpc) is 3.56. The third kappa shape index (κ3) is 6.85. The van der Waals surface area contributed by atoms with Crippen molar-refractivity contribution in [2.24, 2.45) is 29.6 Å². The van der Waals surface area contributed by atoms with Gasteiger partial charge in [0.05, 0.1) is 12.2 Å². The molecule has 1 heterocycles. The Bertz CT molecular complexity index is 815. The number of aliphatic hydroxyl groups is 2. The van der Waals surface area contributed by atoms with Crippen molar-refractivity contribution in [2.75, 3.05) is 0 Å². The van der Waals surface area contributed by atoms with E-state index in [1.165, 1.54) is 6.42 Å². The van der Waals surface area contributed by atoms with Crippen molar-refractivity contribution in [3.05, 3.63) is 24.3 Å². The first-order valence-electron chi connectivity index (χ1n) is 13.3. The highest BCUT2D eigenvalue weighted by atomic mass is 16.3. The quantitative estimate of drug-likeness (QED) is 0.407. The van der Waals surface area contributed by atoms with Crippen molar-refractivity contribution >= 4 is 11.7 Å². The van der Waals surface area contributed by atoms with E-state index in [1.54, 1.807) is 18.5 Å². The summed E-state index contributed by atoms with van der Waals surface area (Å²) >= 11 is 0. The van der Waals surface area contributed by atoms with Gasteiger partial charge in [-0.2, -0.15) is 0 Å². The van der Waals surface area contributed by atoms with Gasteiger partial charge in [0, 0.05) is 43.6 Å². The summed E-state index contributed by atoms with van der Waals surface area (Å²) in [6.45, 7) is 2.07. The number of Topliss-reactive ketones (excluding diaryl/α,β-unsaturated/α-hetero) is 1. The topological polar surface area (TPSA) is 112 Å². The number of nitrogens with one attached hydrogen (secondary N) is 1. The molecule has 1 aromatic rings. The lowest BCUT2D eigenvalue weighted by molar-refractivity contribution is -0.122. The van der Waals surface area contributed by atoms with E-state index in [2.05, 4.69) is 22.2 Å². The van der Waals surface area contributed by atoms with Crippen LogP contribution in [0.2, 0.25) is 0 Å². The van der Waals surface area contributed by atoms with Gasteiger partial charge in [0.2, 0.25) is 5.91 Å². The molecule has 3 saturated carbocycles. The van der Waals surface area contributed by atoms with Crippen LogP contribution in [0.5, 0.6) is 0 Å². The molecular weight excluding hydrogens is 430 g/mol. The molecule has 0 radical (unpaired) electrons. The third-order valence-corrected chi connectivity index (χ3v) is 8.41. The molecule has 1 amide bonds. The number of aliphatic hydroxyl groups excluding tert-OH is 2. The summed E-state index contributed by atoms with van der Waals surface area (Å²) in [6, 6.07) is 2.20. The molecule has 0 aromatic carbocycles. The van der Waals surface area contributed by atoms with E-state index in [9.17, 15) is 19.8 Å². The fourth-order valence-electron chi connectivity index (χ4n) is 6.21. The van der Waals surface area contributed by atoms with Crippen LogP contribution in [0.3, 0.4) is 0 Å². The monoisotopic (exact) mass is 471 g/mol. The molecule has 0 aliphatic heterocycles. The van der Waals surface area contributed by atoms with Gasteiger partial charge < -0.3 is 15.5 Å². The summed E-state index contributed by atoms with van der Waals surface area (Å²) < 4.78 is 0. The number of hydrogen-bond acceptors (Lipinski definition) is 6. The first-order chi connectivity index (χ1) is 16.4. The molecule has 3 fully saturated rings. The average molecular weight is 472 g/mol. The minimum absolute atomic E-state index is 0.0720. The molecule has 7 nitrogen and oxygen atoms in total. The molecule has 0 saturated heterocycles. The summed E-state index contributed by atoms with van der Waals surface area (Å²) in [7, 11) is 0. The third-order valence-electron chi connectivity index (χ3n) is 8.41. The Morgan fingerprint density at radius 3 is 2.59 bits per heavy atom. The SMILES string of the molecule is C[C@@H](C[C@@H](O)CCc1ncccn1)[C@H]1[C@H](O)CC(=O)[C@@H]1C[C@@H]1CCC1CCCC(=O)NC1CC1. The Balaban J connectivity index is 1.23. The molecule has 3 aliphatic rings. The Morgan fingerprint density at radius 1 is 1.18 bits per heavy atom. The number of carbonyl (C=O) groups excluding carboxylic acids is 2. The number of amides is 1. The largest absolute Gasteiger partial charge is 0.393 e. The van der Waals surface area contributed by atoms with Crippen LogP contribution in [0.4, 0.5) is 0 Å². The lowest BCUT2D eigenvalue weighted by Gasteiger charge is -2.40. The molecule has 1 unspecified atom stereocenters. The van der Waals surface area contributed by atoms with Crippen LogP contribution in [0.15, 0.2) is 18.5 Å². The van der Waals surface area contributed by atoms with E-state index in [1.807, 2.05) is 0 Å². The van der Waals surface area contributed by atoms with E-state index in [-0.39, 0.29) is 35.9 Å². The van der Waals surface area contributed by atoms with Gasteiger partial charge in [-0.15, -0.1) is 0 Å². The maximum absolute atomic E-state index is 12.8. The maximum atomic E-state index is 12.8. The van der Waals surface area contributed by atoms with Crippen LogP contribution in [0.25, 0.3) is 0 Å². The van der Waals surface area contributed by atoms with Crippen molar-refractivity contribution in [1.82, 2.24) is 15.3 Å². The standard InChI is InChI=1S/C27H41N3O4/c1-17(14-21(31)10-11-25-28-12-3-13-29-25)27-22(23(32)16-24(27)33)15-19-7-6-18(19)4-2-5-26(34)30-20-8-9-20/h3,12-13,17-22,24,27,31,33H,2,4-11,14-16H2,1H3,(H,30,34)/t17-,18?,19-,21-,22-,24+,27+/m0/s1. The zero-order valence-corrected chi connectivity index (χ0v) is 20.4. The molecule has 3 aliphatic carbocycles. The fraction of sp³-hybridized carbons (Fsp3) is 0.778. The van der Waals surface area contributed by atoms with Crippen LogP contribution in [-0.2, 0) is 16.0 Å². The van der Waals surface area contributed by atoms with Gasteiger partial charge in [-0.1, -0.05) is 6.92 Å². The first-order valence-corrected chi connectivity index (χ1v) is 13.3. The second-order valence-electron chi connectivity index (χ2n) is 11.1. The summed E-state index contributed by atoms with van der Waals surface area (Å²) in [4.78, 5) is 33.2. The number of nitrogens with zero attached hydrogens (tertiary/aromatic N) is 2. The van der Waals surface area contributed by atoms with E-state index in [0.717, 1.165) is 44.3 Å². The number of aryl methyl sites for hydroxylation is 1. The van der Waals surface area contributed by atoms with E-state index < -0.39 is 12.2 Å². The summed E-state index contributed by atoms with van der Waals surface area (Å²) in [6.07, 6.45) is 12.3. The second kappa shape index (κ2) is 11.7. The van der Waals surface area contributed by atoms with Gasteiger partial charge in [0.1, 0.15) is 11.6 Å². The van der Waals surface area contributed by atoms with Crippen molar-refractivity contribution in [2.45, 2.75) is 102 Å². The molecule has 34 heavy (non-hydrogen) atoms.